The van der Waals surface area contributed by atoms with Crippen LogP contribution in [-0.2, 0) is 0 Å². The van der Waals surface area contributed by atoms with Crippen LogP contribution in [0, 0.1) is 6.92 Å². The van der Waals surface area contributed by atoms with E-state index in [0.29, 0.717) is 20.2 Å². The molecular weight excluding hydrogens is 402 g/mol. The molecule has 0 aliphatic heterocycles. The maximum absolute atomic E-state index is 12.3. The number of carbonyl (C=O) groups is 2. The largest absolute Gasteiger partial charge is 0.478 e. The maximum Gasteiger partial charge on any atom is 0.335 e. The summed E-state index contributed by atoms with van der Waals surface area (Å²) in [6, 6.07) is 9.84. The summed E-state index contributed by atoms with van der Waals surface area (Å²) in [5.41, 5.74) is 1.95. The van der Waals surface area contributed by atoms with Gasteiger partial charge >= 0.3 is 5.97 Å². The van der Waals surface area contributed by atoms with Gasteiger partial charge in [-0.3, -0.25) is 4.79 Å². The molecule has 6 heteroatoms. The molecule has 4 nitrogen and oxygen atoms in total. The lowest BCUT2D eigenvalue weighted by Crippen LogP contribution is -2.14. The Balaban J connectivity index is 2.33. The lowest BCUT2D eigenvalue weighted by atomic mass is 10.1. The molecule has 2 rings (SSSR count). The van der Waals surface area contributed by atoms with Crippen molar-refractivity contribution in [1.82, 2.24) is 0 Å². The van der Waals surface area contributed by atoms with Crippen molar-refractivity contribution in [3.63, 3.8) is 0 Å². The fourth-order valence-electron chi connectivity index (χ4n) is 1.77. The molecule has 0 fully saturated rings. The van der Waals surface area contributed by atoms with Crippen LogP contribution in [0.1, 0.15) is 26.3 Å². The minimum absolute atomic E-state index is 0.108. The monoisotopic (exact) mass is 411 g/mol. The Bertz CT molecular complexity index is 729. The zero-order valence-electron chi connectivity index (χ0n) is 11.0. The van der Waals surface area contributed by atoms with Gasteiger partial charge in [0.25, 0.3) is 5.91 Å². The number of carbonyl (C=O) groups excluding carboxylic acids is 1. The van der Waals surface area contributed by atoms with E-state index >= 15 is 0 Å². The second-order valence-electron chi connectivity index (χ2n) is 4.39. The second kappa shape index (κ2) is 6.41. The lowest BCUT2D eigenvalue weighted by Gasteiger charge is -2.10. The average molecular weight is 413 g/mol. The van der Waals surface area contributed by atoms with Crippen LogP contribution in [0.2, 0.25) is 0 Å². The summed E-state index contributed by atoms with van der Waals surface area (Å²) in [5, 5.41) is 11.7. The molecule has 0 saturated heterocycles. The van der Waals surface area contributed by atoms with Crippen LogP contribution in [0.3, 0.4) is 0 Å². The molecule has 108 valence electrons. The number of aromatic carboxylic acids is 1. The van der Waals surface area contributed by atoms with Crippen molar-refractivity contribution in [3.8, 4) is 0 Å². The summed E-state index contributed by atoms with van der Waals surface area (Å²) < 4.78 is 1.33. The standard InChI is InChI=1S/C15H11Br2NO3/c1-8-3-2-4-10(13(8)17)14(19)18-12-7-9(15(20)21)5-6-11(12)16/h2-7H,1H3,(H,18,19)(H,20,21). The van der Waals surface area contributed by atoms with Gasteiger partial charge in [-0.15, -0.1) is 0 Å². The van der Waals surface area contributed by atoms with Crippen LogP contribution in [0.15, 0.2) is 45.3 Å². The number of benzene rings is 2. The molecule has 0 radical (unpaired) electrons. The first-order valence-corrected chi connectivity index (χ1v) is 7.58. The molecule has 0 aliphatic carbocycles. The smallest absolute Gasteiger partial charge is 0.335 e. The summed E-state index contributed by atoms with van der Waals surface area (Å²) >= 11 is 6.68. The van der Waals surface area contributed by atoms with Crippen LogP contribution in [0.25, 0.3) is 0 Å². The number of carboxylic acids is 1. The van der Waals surface area contributed by atoms with Crippen molar-refractivity contribution in [1.29, 1.82) is 0 Å². The van der Waals surface area contributed by atoms with E-state index in [1.165, 1.54) is 12.1 Å². The molecule has 0 bridgehead atoms. The van der Waals surface area contributed by atoms with Gasteiger partial charge in [-0.05, 0) is 68.6 Å². The minimum atomic E-state index is -1.05. The van der Waals surface area contributed by atoms with Crippen molar-refractivity contribution in [3.05, 3.63) is 62.0 Å². The summed E-state index contributed by atoms with van der Waals surface area (Å²) in [6.07, 6.45) is 0. The van der Waals surface area contributed by atoms with Gasteiger partial charge in [-0.2, -0.15) is 0 Å². The van der Waals surface area contributed by atoms with Gasteiger partial charge in [0, 0.05) is 8.95 Å². The highest BCUT2D eigenvalue weighted by Gasteiger charge is 2.14. The molecule has 0 atom stereocenters. The zero-order valence-corrected chi connectivity index (χ0v) is 14.2. The third-order valence-corrected chi connectivity index (χ3v) is 4.64. The van der Waals surface area contributed by atoms with Gasteiger partial charge in [0.15, 0.2) is 0 Å². The predicted molar refractivity (Wildman–Crippen MR) is 87.9 cm³/mol. The van der Waals surface area contributed by atoms with Gasteiger partial charge < -0.3 is 10.4 Å². The Morgan fingerprint density at radius 1 is 1.14 bits per heavy atom. The lowest BCUT2D eigenvalue weighted by molar-refractivity contribution is 0.0696. The molecule has 1 amide bonds. The van der Waals surface area contributed by atoms with Gasteiger partial charge in [0.05, 0.1) is 16.8 Å². The Kier molecular flexibility index (Phi) is 4.80. The number of rotatable bonds is 3. The molecule has 0 saturated carbocycles. The molecule has 2 aromatic rings. The Hall–Kier alpha value is -1.66. The van der Waals surface area contributed by atoms with Gasteiger partial charge in [-0.1, -0.05) is 12.1 Å². The first-order valence-electron chi connectivity index (χ1n) is 5.99. The number of hydrogen-bond acceptors (Lipinski definition) is 2. The van der Waals surface area contributed by atoms with E-state index in [2.05, 4.69) is 37.2 Å². The molecule has 2 aromatic carbocycles. The van der Waals surface area contributed by atoms with E-state index in [4.69, 9.17) is 5.11 Å². The van der Waals surface area contributed by atoms with Gasteiger partial charge in [0.1, 0.15) is 0 Å². The van der Waals surface area contributed by atoms with Crippen molar-refractivity contribution in [2.45, 2.75) is 6.92 Å². The van der Waals surface area contributed by atoms with Crippen LogP contribution in [0.4, 0.5) is 5.69 Å². The Labute approximate surface area is 138 Å². The minimum Gasteiger partial charge on any atom is -0.478 e. The topological polar surface area (TPSA) is 66.4 Å². The molecule has 0 aromatic heterocycles. The molecule has 0 unspecified atom stereocenters. The van der Waals surface area contributed by atoms with Crippen molar-refractivity contribution in [2.24, 2.45) is 0 Å². The molecule has 0 heterocycles. The van der Waals surface area contributed by atoms with Crippen LogP contribution >= 0.6 is 31.9 Å². The first-order chi connectivity index (χ1) is 9.90. The summed E-state index contributed by atoms with van der Waals surface area (Å²) in [6.45, 7) is 1.89. The Morgan fingerprint density at radius 3 is 2.52 bits per heavy atom. The Morgan fingerprint density at radius 2 is 1.86 bits per heavy atom. The number of aryl methyl sites for hydroxylation is 1. The summed E-state index contributed by atoms with van der Waals surface area (Å²) in [7, 11) is 0. The highest BCUT2D eigenvalue weighted by Crippen LogP contribution is 2.26. The predicted octanol–water partition coefficient (Wildman–Crippen LogP) is 4.47. The molecule has 0 spiro atoms. The highest BCUT2D eigenvalue weighted by molar-refractivity contribution is 9.11. The highest BCUT2D eigenvalue weighted by atomic mass is 79.9. The SMILES string of the molecule is Cc1cccc(C(=O)Nc2cc(C(=O)O)ccc2Br)c1Br. The molecule has 2 N–H and O–H groups in total. The van der Waals surface area contributed by atoms with E-state index in [0.717, 1.165) is 5.56 Å². The van der Waals surface area contributed by atoms with Crippen molar-refractivity contribution < 1.29 is 14.7 Å². The third kappa shape index (κ3) is 3.51. The number of hydrogen-bond donors (Lipinski definition) is 2. The first kappa shape index (κ1) is 15.7. The number of halogens is 2. The maximum atomic E-state index is 12.3. The second-order valence-corrected chi connectivity index (χ2v) is 6.04. The molecular formula is C15H11Br2NO3. The van der Waals surface area contributed by atoms with Gasteiger partial charge in [-0.25, -0.2) is 4.79 Å². The van der Waals surface area contributed by atoms with E-state index in [9.17, 15) is 9.59 Å². The number of anilines is 1. The fourth-order valence-corrected chi connectivity index (χ4v) is 2.56. The average Bonchev–Trinajstić information content (AvgIpc) is 2.43. The van der Waals surface area contributed by atoms with Crippen LogP contribution < -0.4 is 5.32 Å². The van der Waals surface area contributed by atoms with E-state index in [-0.39, 0.29) is 11.5 Å². The quantitative estimate of drug-likeness (QED) is 0.781. The van der Waals surface area contributed by atoms with Crippen molar-refractivity contribution >= 4 is 49.4 Å². The van der Waals surface area contributed by atoms with Crippen LogP contribution in [-0.4, -0.2) is 17.0 Å². The number of nitrogens with one attached hydrogen (secondary N) is 1. The fraction of sp³-hybridized carbons (Fsp3) is 0.0667. The third-order valence-electron chi connectivity index (χ3n) is 2.90. The number of carboxylic acid groups (broad SMARTS) is 1. The van der Waals surface area contributed by atoms with E-state index in [1.807, 2.05) is 13.0 Å². The molecule has 0 aliphatic rings. The zero-order chi connectivity index (χ0) is 15.6. The van der Waals surface area contributed by atoms with E-state index in [1.54, 1.807) is 18.2 Å². The van der Waals surface area contributed by atoms with Crippen molar-refractivity contribution in [2.75, 3.05) is 5.32 Å². The number of amides is 1. The van der Waals surface area contributed by atoms with Crippen LogP contribution in [0.5, 0.6) is 0 Å². The summed E-state index contributed by atoms with van der Waals surface area (Å²) in [5.74, 6) is -1.36. The van der Waals surface area contributed by atoms with Gasteiger partial charge in [0.2, 0.25) is 0 Å². The molecule has 21 heavy (non-hydrogen) atoms. The van der Waals surface area contributed by atoms with E-state index < -0.39 is 5.97 Å². The summed E-state index contributed by atoms with van der Waals surface area (Å²) in [4.78, 5) is 23.3. The normalized spacial score (nSPS) is 10.2.